The van der Waals surface area contributed by atoms with E-state index in [1.54, 1.807) is 0 Å². The van der Waals surface area contributed by atoms with Crippen LogP contribution >= 0.6 is 11.6 Å². The highest BCUT2D eigenvalue weighted by atomic mass is 35.5. The molecule has 1 fully saturated rings. The summed E-state index contributed by atoms with van der Waals surface area (Å²) in [6.07, 6.45) is 0.853. The number of carbonyl (C=O) groups excluding carboxylic acids is 1. The molecular weight excluding hydrogens is 398 g/mol. The van der Waals surface area contributed by atoms with Crippen molar-refractivity contribution >= 4 is 27.5 Å². The SMILES string of the molecule is CN(CC(=O)N[C@@H]1CCN(Cc2ccccc2)C1)S(=O)(=O)c1ccc(Cl)cc1. The van der Waals surface area contributed by atoms with E-state index in [0.717, 1.165) is 30.4 Å². The molecule has 1 N–H and O–H groups in total. The standard InChI is InChI=1S/C20H24ClN3O3S/c1-23(28(26,27)19-9-7-17(21)8-10-19)15-20(25)22-18-11-12-24(14-18)13-16-5-3-2-4-6-16/h2-10,18H,11-15H2,1H3,(H,22,25)/t18-/m1/s1. The number of rotatable bonds is 7. The van der Waals surface area contributed by atoms with E-state index in [-0.39, 0.29) is 23.4 Å². The van der Waals surface area contributed by atoms with E-state index in [2.05, 4.69) is 22.3 Å². The molecule has 1 amide bonds. The lowest BCUT2D eigenvalue weighted by Gasteiger charge is -2.19. The molecule has 1 atom stereocenters. The number of carbonyl (C=O) groups is 1. The molecule has 0 saturated carbocycles. The number of amides is 1. The summed E-state index contributed by atoms with van der Waals surface area (Å²) < 4.78 is 26.2. The number of nitrogens with one attached hydrogen (secondary N) is 1. The van der Waals surface area contributed by atoms with Crippen LogP contribution in [0.25, 0.3) is 0 Å². The third-order valence-electron chi connectivity index (χ3n) is 4.77. The van der Waals surface area contributed by atoms with Crippen molar-refractivity contribution in [2.45, 2.75) is 23.9 Å². The molecule has 2 aromatic rings. The molecular formula is C20H24ClN3O3S. The average Bonchev–Trinajstić information content (AvgIpc) is 3.09. The Hall–Kier alpha value is -1.93. The molecule has 28 heavy (non-hydrogen) atoms. The Morgan fingerprint density at radius 1 is 1.18 bits per heavy atom. The Morgan fingerprint density at radius 2 is 1.86 bits per heavy atom. The van der Waals surface area contributed by atoms with Crippen LogP contribution in [0.4, 0.5) is 0 Å². The van der Waals surface area contributed by atoms with E-state index >= 15 is 0 Å². The molecule has 2 aromatic carbocycles. The van der Waals surface area contributed by atoms with Crippen LogP contribution in [0.15, 0.2) is 59.5 Å². The van der Waals surface area contributed by atoms with E-state index in [4.69, 9.17) is 11.6 Å². The maximum Gasteiger partial charge on any atom is 0.243 e. The van der Waals surface area contributed by atoms with Gasteiger partial charge >= 0.3 is 0 Å². The van der Waals surface area contributed by atoms with Gasteiger partial charge in [0.25, 0.3) is 0 Å². The van der Waals surface area contributed by atoms with Gasteiger partial charge in [-0.2, -0.15) is 4.31 Å². The molecule has 8 heteroatoms. The second kappa shape index (κ2) is 9.05. The molecule has 6 nitrogen and oxygen atoms in total. The first-order valence-corrected chi connectivity index (χ1v) is 10.9. The summed E-state index contributed by atoms with van der Waals surface area (Å²) in [5, 5.41) is 3.41. The number of likely N-dealkylation sites (N-methyl/N-ethyl adjacent to an activating group) is 1. The van der Waals surface area contributed by atoms with Crippen LogP contribution in [-0.2, 0) is 21.4 Å². The molecule has 0 unspecified atom stereocenters. The fraction of sp³-hybridized carbons (Fsp3) is 0.350. The molecule has 0 aromatic heterocycles. The third-order valence-corrected chi connectivity index (χ3v) is 6.84. The number of hydrogen-bond acceptors (Lipinski definition) is 4. The average molecular weight is 422 g/mol. The first-order chi connectivity index (χ1) is 13.3. The first-order valence-electron chi connectivity index (χ1n) is 9.12. The van der Waals surface area contributed by atoms with Crippen molar-refractivity contribution in [3.63, 3.8) is 0 Å². The zero-order chi connectivity index (χ0) is 20.1. The summed E-state index contributed by atoms with van der Waals surface area (Å²) in [7, 11) is -2.33. The molecule has 0 radical (unpaired) electrons. The summed E-state index contributed by atoms with van der Waals surface area (Å²) in [5.74, 6) is -0.299. The lowest BCUT2D eigenvalue weighted by atomic mass is 10.2. The minimum absolute atomic E-state index is 0.0304. The molecule has 150 valence electrons. The van der Waals surface area contributed by atoms with Gasteiger partial charge in [-0.05, 0) is 36.2 Å². The summed E-state index contributed by atoms with van der Waals surface area (Å²) in [4.78, 5) is 14.7. The maximum atomic E-state index is 12.6. The Balaban J connectivity index is 1.50. The van der Waals surface area contributed by atoms with Crippen molar-refractivity contribution in [3.05, 3.63) is 65.2 Å². The molecule has 1 aliphatic heterocycles. The van der Waals surface area contributed by atoms with Crippen LogP contribution in [-0.4, -0.2) is 56.3 Å². The lowest BCUT2D eigenvalue weighted by molar-refractivity contribution is -0.121. The molecule has 0 spiro atoms. The van der Waals surface area contributed by atoms with Crippen LogP contribution in [0.1, 0.15) is 12.0 Å². The normalized spacial score (nSPS) is 17.8. The van der Waals surface area contributed by atoms with Crippen molar-refractivity contribution in [3.8, 4) is 0 Å². The molecule has 3 rings (SSSR count). The topological polar surface area (TPSA) is 69.7 Å². The highest BCUT2D eigenvalue weighted by molar-refractivity contribution is 7.89. The number of sulfonamides is 1. The van der Waals surface area contributed by atoms with Gasteiger partial charge in [-0.15, -0.1) is 0 Å². The van der Waals surface area contributed by atoms with Crippen LogP contribution in [0.3, 0.4) is 0 Å². The largest absolute Gasteiger partial charge is 0.351 e. The fourth-order valence-electron chi connectivity index (χ4n) is 3.28. The number of nitrogens with zero attached hydrogens (tertiary/aromatic N) is 2. The lowest BCUT2D eigenvalue weighted by Crippen LogP contribution is -2.43. The Kier molecular flexibility index (Phi) is 6.72. The maximum absolute atomic E-state index is 12.6. The van der Waals surface area contributed by atoms with Crippen molar-refractivity contribution in [2.24, 2.45) is 0 Å². The van der Waals surface area contributed by atoms with Gasteiger partial charge in [0.1, 0.15) is 0 Å². The summed E-state index contributed by atoms with van der Waals surface area (Å²) in [5.41, 5.74) is 1.24. The summed E-state index contributed by atoms with van der Waals surface area (Å²) >= 11 is 5.81. The summed E-state index contributed by atoms with van der Waals surface area (Å²) in [6.45, 7) is 2.28. The zero-order valence-corrected chi connectivity index (χ0v) is 17.3. The Labute approximate surface area is 171 Å². The van der Waals surface area contributed by atoms with Crippen molar-refractivity contribution in [1.82, 2.24) is 14.5 Å². The van der Waals surface area contributed by atoms with Crippen molar-refractivity contribution in [1.29, 1.82) is 0 Å². The van der Waals surface area contributed by atoms with Gasteiger partial charge in [-0.3, -0.25) is 9.69 Å². The molecule has 1 heterocycles. The number of benzene rings is 2. The smallest absolute Gasteiger partial charge is 0.243 e. The predicted octanol–water partition coefficient (Wildman–Crippen LogP) is 2.35. The van der Waals surface area contributed by atoms with Gasteiger partial charge in [0.15, 0.2) is 0 Å². The van der Waals surface area contributed by atoms with Crippen LogP contribution in [0.2, 0.25) is 5.02 Å². The van der Waals surface area contributed by atoms with E-state index in [9.17, 15) is 13.2 Å². The third kappa shape index (κ3) is 5.32. The monoisotopic (exact) mass is 421 g/mol. The van der Waals surface area contributed by atoms with Crippen LogP contribution < -0.4 is 5.32 Å². The van der Waals surface area contributed by atoms with E-state index in [1.807, 2.05) is 18.2 Å². The minimum Gasteiger partial charge on any atom is -0.351 e. The van der Waals surface area contributed by atoms with Crippen molar-refractivity contribution in [2.75, 3.05) is 26.7 Å². The van der Waals surface area contributed by atoms with Crippen molar-refractivity contribution < 1.29 is 13.2 Å². The van der Waals surface area contributed by atoms with Gasteiger partial charge < -0.3 is 5.32 Å². The second-order valence-electron chi connectivity index (χ2n) is 6.99. The van der Waals surface area contributed by atoms with Crippen LogP contribution in [0.5, 0.6) is 0 Å². The zero-order valence-electron chi connectivity index (χ0n) is 15.7. The number of hydrogen-bond donors (Lipinski definition) is 1. The molecule has 0 bridgehead atoms. The van der Waals surface area contributed by atoms with Crippen LogP contribution in [0, 0.1) is 0 Å². The predicted molar refractivity (Wildman–Crippen MR) is 110 cm³/mol. The van der Waals surface area contributed by atoms with Gasteiger partial charge in [0.05, 0.1) is 11.4 Å². The van der Waals surface area contributed by atoms with Gasteiger partial charge in [-0.1, -0.05) is 41.9 Å². The number of likely N-dealkylation sites (tertiary alicyclic amines) is 1. The van der Waals surface area contributed by atoms with E-state index in [1.165, 1.54) is 36.9 Å². The second-order valence-corrected chi connectivity index (χ2v) is 9.47. The summed E-state index contributed by atoms with van der Waals surface area (Å²) in [6, 6.07) is 16.1. The molecule has 1 aliphatic rings. The van der Waals surface area contributed by atoms with Gasteiger partial charge in [0.2, 0.25) is 15.9 Å². The van der Waals surface area contributed by atoms with E-state index in [0.29, 0.717) is 5.02 Å². The highest BCUT2D eigenvalue weighted by Gasteiger charge is 2.27. The minimum atomic E-state index is -3.73. The van der Waals surface area contributed by atoms with Gasteiger partial charge in [-0.25, -0.2) is 8.42 Å². The Bertz CT molecular complexity index is 904. The number of halogens is 1. The Morgan fingerprint density at radius 3 is 2.54 bits per heavy atom. The molecule has 0 aliphatic carbocycles. The highest BCUT2D eigenvalue weighted by Crippen LogP contribution is 2.18. The quantitative estimate of drug-likeness (QED) is 0.745. The fourth-order valence-corrected chi connectivity index (χ4v) is 4.54. The first kappa shape index (κ1) is 20.8. The van der Waals surface area contributed by atoms with Gasteiger partial charge in [0, 0.05) is 37.7 Å². The molecule has 1 saturated heterocycles. The van der Waals surface area contributed by atoms with E-state index < -0.39 is 10.0 Å².